The van der Waals surface area contributed by atoms with Gasteiger partial charge in [0.05, 0.1) is 5.69 Å². The Hall–Kier alpha value is -1.68. The Morgan fingerprint density at radius 2 is 2.25 bits per heavy atom. The van der Waals surface area contributed by atoms with Crippen LogP contribution >= 0.6 is 0 Å². The largest absolute Gasteiger partial charge is 0.339 e. The second-order valence-electron chi connectivity index (χ2n) is 4.09. The molecule has 0 aliphatic carbocycles. The van der Waals surface area contributed by atoms with Gasteiger partial charge in [-0.25, -0.2) is 9.97 Å². The molecule has 82 valence electrons. The van der Waals surface area contributed by atoms with E-state index in [2.05, 4.69) is 32.4 Å². The van der Waals surface area contributed by atoms with Gasteiger partial charge in [0.1, 0.15) is 12.0 Å². The summed E-state index contributed by atoms with van der Waals surface area (Å²) in [5, 5.41) is 4.43. The van der Waals surface area contributed by atoms with Gasteiger partial charge in [-0.1, -0.05) is 6.08 Å². The standard InChI is InChI=1S/C12H14N4/c1-8-10-6-11(9-2-4-13-5-3-9)16-12(10)15-7-14-8/h2,6-7,13H,3-5H2,1H3,(H,14,15,16). The van der Waals surface area contributed by atoms with Gasteiger partial charge >= 0.3 is 0 Å². The number of H-pyrrole nitrogens is 1. The van der Waals surface area contributed by atoms with E-state index in [1.165, 1.54) is 11.3 Å². The van der Waals surface area contributed by atoms with Gasteiger partial charge in [-0.3, -0.25) is 0 Å². The van der Waals surface area contributed by atoms with Crippen molar-refractivity contribution in [3.63, 3.8) is 0 Å². The summed E-state index contributed by atoms with van der Waals surface area (Å²) in [5.41, 5.74) is 4.51. The molecule has 0 aromatic carbocycles. The maximum atomic E-state index is 4.25. The fourth-order valence-corrected chi connectivity index (χ4v) is 2.10. The van der Waals surface area contributed by atoms with Crippen molar-refractivity contribution in [2.24, 2.45) is 0 Å². The highest BCUT2D eigenvalue weighted by molar-refractivity contribution is 5.83. The minimum atomic E-state index is 0.932. The van der Waals surface area contributed by atoms with E-state index in [0.717, 1.165) is 36.2 Å². The second kappa shape index (κ2) is 3.72. The molecule has 2 aromatic rings. The predicted molar refractivity (Wildman–Crippen MR) is 64.1 cm³/mol. The number of aromatic amines is 1. The van der Waals surface area contributed by atoms with Gasteiger partial charge in [-0.05, 0) is 31.5 Å². The van der Waals surface area contributed by atoms with Crippen LogP contribution in [0.15, 0.2) is 18.5 Å². The lowest BCUT2D eigenvalue weighted by atomic mass is 10.1. The predicted octanol–water partition coefficient (Wildman–Crippen LogP) is 1.64. The lowest BCUT2D eigenvalue weighted by Gasteiger charge is -2.12. The summed E-state index contributed by atoms with van der Waals surface area (Å²) in [6.45, 7) is 4.01. The van der Waals surface area contributed by atoms with Crippen LogP contribution in [0, 0.1) is 6.92 Å². The SMILES string of the molecule is Cc1ncnc2[nH]c(C3=CCNCC3)cc12. The Morgan fingerprint density at radius 3 is 3.00 bits per heavy atom. The van der Waals surface area contributed by atoms with E-state index in [9.17, 15) is 0 Å². The number of nitrogens with zero attached hydrogens (tertiary/aromatic N) is 2. The number of hydrogen-bond donors (Lipinski definition) is 2. The topological polar surface area (TPSA) is 53.6 Å². The van der Waals surface area contributed by atoms with Crippen LogP contribution in [0.2, 0.25) is 0 Å². The van der Waals surface area contributed by atoms with Crippen LogP contribution in [0.3, 0.4) is 0 Å². The van der Waals surface area contributed by atoms with Gasteiger partial charge < -0.3 is 10.3 Å². The molecular weight excluding hydrogens is 200 g/mol. The van der Waals surface area contributed by atoms with Crippen molar-refractivity contribution in [1.29, 1.82) is 0 Å². The second-order valence-corrected chi connectivity index (χ2v) is 4.09. The first kappa shape index (κ1) is 9.54. The first-order valence-electron chi connectivity index (χ1n) is 5.55. The number of aryl methyl sites for hydroxylation is 1. The zero-order valence-electron chi connectivity index (χ0n) is 9.25. The Labute approximate surface area is 93.8 Å². The number of nitrogens with one attached hydrogen (secondary N) is 2. The van der Waals surface area contributed by atoms with E-state index in [1.54, 1.807) is 6.33 Å². The molecule has 0 unspecified atom stereocenters. The van der Waals surface area contributed by atoms with Crippen molar-refractivity contribution in [3.05, 3.63) is 29.9 Å². The summed E-state index contributed by atoms with van der Waals surface area (Å²) >= 11 is 0. The quantitative estimate of drug-likeness (QED) is 0.758. The average molecular weight is 214 g/mol. The number of hydrogen-bond acceptors (Lipinski definition) is 3. The molecule has 1 aliphatic heterocycles. The molecule has 0 radical (unpaired) electrons. The molecule has 0 spiro atoms. The molecule has 0 saturated heterocycles. The molecule has 3 heterocycles. The number of aromatic nitrogens is 3. The van der Waals surface area contributed by atoms with Crippen LogP contribution in [0.5, 0.6) is 0 Å². The summed E-state index contributed by atoms with van der Waals surface area (Å²) in [6, 6.07) is 2.15. The normalized spacial score (nSPS) is 16.4. The minimum Gasteiger partial charge on any atom is -0.339 e. The maximum absolute atomic E-state index is 4.25. The minimum absolute atomic E-state index is 0.932. The molecule has 0 atom stereocenters. The highest BCUT2D eigenvalue weighted by Gasteiger charge is 2.10. The van der Waals surface area contributed by atoms with Crippen molar-refractivity contribution in [2.75, 3.05) is 13.1 Å². The van der Waals surface area contributed by atoms with E-state index in [1.807, 2.05) is 6.92 Å². The third-order valence-electron chi connectivity index (χ3n) is 3.03. The Morgan fingerprint density at radius 1 is 1.31 bits per heavy atom. The van der Waals surface area contributed by atoms with Crippen molar-refractivity contribution in [3.8, 4) is 0 Å². The third kappa shape index (κ3) is 1.51. The third-order valence-corrected chi connectivity index (χ3v) is 3.03. The van der Waals surface area contributed by atoms with E-state index in [0.29, 0.717) is 0 Å². The summed E-state index contributed by atoms with van der Waals surface area (Å²) in [5.74, 6) is 0. The molecule has 1 aliphatic rings. The maximum Gasteiger partial charge on any atom is 0.141 e. The average Bonchev–Trinajstić information content (AvgIpc) is 2.76. The van der Waals surface area contributed by atoms with Gasteiger partial charge in [-0.2, -0.15) is 0 Å². The monoisotopic (exact) mass is 214 g/mol. The number of fused-ring (bicyclic) bond motifs is 1. The summed E-state index contributed by atoms with van der Waals surface area (Å²) in [4.78, 5) is 11.8. The Bertz CT molecular complexity index is 553. The molecule has 2 aromatic heterocycles. The van der Waals surface area contributed by atoms with Crippen molar-refractivity contribution in [1.82, 2.24) is 20.3 Å². The summed E-state index contributed by atoms with van der Waals surface area (Å²) < 4.78 is 0. The Kier molecular flexibility index (Phi) is 2.22. The zero-order valence-corrected chi connectivity index (χ0v) is 9.25. The molecule has 0 fully saturated rings. The van der Waals surface area contributed by atoms with Crippen LogP contribution in [0.4, 0.5) is 0 Å². The molecule has 0 amide bonds. The molecule has 0 saturated carbocycles. The van der Waals surface area contributed by atoms with Gasteiger partial charge in [-0.15, -0.1) is 0 Å². The molecule has 16 heavy (non-hydrogen) atoms. The molecule has 4 heteroatoms. The van der Waals surface area contributed by atoms with Crippen molar-refractivity contribution < 1.29 is 0 Å². The highest BCUT2D eigenvalue weighted by Crippen LogP contribution is 2.23. The first-order chi connectivity index (χ1) is 7.84. The lowest BCUT2D eigenvalue weighted by Crippen LogP contribution is -2.20. The van der Waals surface area contributed by atoms with Gasteiger partial charge in [0.2, 0.25) is 0 Å². The van der Waals surface area contributed by atoms with Crippen LogP contribution in [0.1, 0.15) is 17.8 Å². The smallest absolute Gasteiger partial charge is 0.141 e. The molecular formula is C12H14N4. The van der Waals surface area contributed by atoms with Crippen molar-refractivity contribution in [2.45, 2.75) is 13.3 Å². The fraction of sp³-hybridized carbons (Fsp3) is 0.333. The van der Waals surface area contributed by atoms with Crippen LogP contribution in [0.25, 0.3) is 16.6 Å². The van der Waals surface area contributed by atoms with Crippen LogP contribution in [-0.2, 0) is 0 Å². The fourth-order valence-electron chi connectivity index (χ4n) is 2.10. The highest BCUT2D eigenvalue weighted by atomic mass is 14.9. The summed E-state index contributed by atoms with van der Waals surface area (Å²) in [7, 11) is 0. The Balaban J connectivity index is 2.11. The van der Waals surface area contributed by atoms with Crippen LogP contribution < -0.4 is 5.32 Å². The van der Waals surface area contributed by atoms with E-state index in [4.69, 9.17) is 0 Å². The van der Waals surface area contributed by atoms with Gasteiger partial charge in [0.15, 0.2) is 0 Å². The number of rotatable bonds is 1. The molecule has 4 nitrogen and oxygen atoms in total. The van der Waals surface area contributed by atoms with Gasteiger partial charge in [0, 0.05) is 17.6 Å². The van der Waals surface area contributed by atoms with Crippen molar-refractivity contribution >= 4 is 16.6 Å². The van der Waals surface area contributed by atoms with E-state index >= 15 is 0 Å². The lowest BCUT2D eigenvalue weighted by molar-refractivity contribution is 0.737. The zero-order chi connectivity index (χ0) is 11.0. The molecule has 2 N–H and O–H groups in total. The van der Waals surface area contributed by atoms with E-state index < -0.39 is 0 Å². The van der Waals surface area contributed by atoms with Gasteiger partial charge in [0.25, 0.3) is 0 Å². The molecule has 0 bridgehead atoms. The van der Waals surface area contributed by atoms with Crippen LogP contribution in [-0.4, -0.2) is 28.0 Å². The summed E-state index contributed by atoms with van der Waals surface area (Å²) in [6.07, 6.45) is 4.91. The van der Waals surface area contributed by atoms with E-state index in [-0.39, 0.29) is 0 Å². The first-order valence-corrected chi connectivity index (χ1v) is 5.55. The molecule has 3 rings (SSSR count).